The van der Waals surface area contributed by atoms with Gasteiger partial charge in [-0.3, -0.25) is 9.89 Å². The molecule has 152 valence electrons. The van der Waals surface area contributed by atoms with Crippen LogP contribution in [-0.4, -0.2) is 78.9 Å². The van der Waals surface area contributed by atoms with Crippen LogP contribution in [0.15, 0.2) is 4.99 Å². The Bertz CT molecular complexity index is 480. The molecule has 1 atom stereocenters. The summed E-state index contributed by atoms with van der Waals surface area (Å²) in [4.78, 5) is 9.71. The second-order valence-electron chi connectivity index (χ2n) is 8.62. The maximum atomic E-state index is 6.35. The first-order valence-electron chi connectivity index (χ1n) is 9.96. The van der Waals surface area contributed by atoms with E-state index in [9.17, 15) is 0 Å². The molecule has 1 aliphatic carbocycles. The molecule has 0 radical (unpaired) electrons. The fraction of sp³-hybridized carbons (Fsp3) is 0.947. The van der Waals surface area contributed by atoms with Crippen LogP contribution < -0.4 is 5.73 Å². The van der Waals surface area contributed by atoms with Crippen molar-refractivity contribution >= 4 is 29.9 Å². The van der Waals surface area contributed by atoms with E-state index in [-0.39, 0.29) is 41.2 Å². The number of nitrogens with zero attached hydrogens (tertiary/aromatic N) is 3. The van der Waals surface area contributed by atoms with Gasteiger partial charge in [-0.25, -0.2) is 0 Å². The molecule has 0 bridgehead atoms. The van der Waals surface area contributed by atoms with Crippen LogP contribution in [0.25, 0.3) is 0 Å². The minimum absolute atomic E-state index is 0. The van der Waals surface area contributed by atoms with Crippen LogP contribution in [0.5, 0.6) is 0 Å². The Labute approximate surface area is 175 Å². The van der Waals surface area contributed by atoms with Crippen LogP contribution in [-0.2, 0) is 9.47 Å². The van der Waals surface area contributed by atoms with E-state index in [4.69, 9.17) is 20.2 Å². The SMILES string of the molecule is CC1CN(C(N)=NCC2(N3CCOC(C)(C)C3)CCCCC2)CCO1.I. The quantitative estimate of drug-likeness (QED) is 0.382. The third kappa shape index (κ3) is 5.45. The second-order valence-corrected chi connectivity index (χ2v) is 8.62. The maximum absolute atomic E-state index is 6.35. The number of ether oxygens (including phenoxy) is 2. The van der Waals surface area contributed by atoms with Gasteiger partial charge in [0.15, 0.2) is 5.96 Å². The van der Waals surface area contributed by atoms with Crippen LogP contribution >= 0.6 is 24.0 Å². The Balaban J connectivity index is 0.00000243. The van der Waals surface area contributed by atoms with Crippen LogP contribution in [0.2, 0.25) is 0 Å². The molecule has 3 fully saturated rings. The summed E-state index contributed by atoms with van der Waals surface area (Å²) >= 11 is 0. The summed E-state index contributed by atoms with van der Waals surface area (Å²) in [7, 11) is 0. The van der Waals surface area contributed by atoms with Gasteiger partial charge in [0.2, 0.25) is 0 Å². The van der Waals surface area contributed by atoms with E-state index in [0.717, 1.165) is 45.9 Å². The molecule has 3 aliphatic rings. The van der Waals surface area contributed by atoms with Crippen molar-refractivity contribution in [1.29, 1.82) is 0 Å². The third-order valence-corrected chi connectivity index (χ3v) is 5.98. The van der Waals surface area contributed by atoms with Gasteiger partial charge in [-0.15, -0.1) is 24.0 Å². The van der Waals surface area contributed by atoms with Gasteiger partial charge in [0.25, 0.3) is 0 Å². The van der Waals surface area contributed by atoms with Gasteiger partial charge in [0.05, 0.1) is 31.5 Å². The number of hydrogen-bond donors (Lipinski definition) is 1. The molecule has 0 aromatic heterocycles. The van der Waals surface area contributed by atoms with Crippen molar-refractivity contribution in [3.8, 4) is 0 Å². The van der Waals surface area contributed by atoms with Gasteiger partial charge in [0, 0.05) is 31.7 Å². The Morgan fingerprint density at radius 1 is 1.15 bits per heavy atom. The summed E-state index contributed by atoms with van der Waals surface area (Å²) in [5, 5.41) is 0. The van der Waals surface area contributed by atoms with Gasteiger partial charge in [-0.2, -0.15) is 0 Å². The number of morpholine rings is 2. The van der Waals surface area contributed by atoms with Crippen LogP contribution in [0.1, 0.15) is 52.9 Å². The number of guanidine groups is 1. The largest absolute Gasteiger partial charge is 0.375 e. The summed E-state index contributed by atoms with van der Waals surface area (Å²) < 4.78 is 11.6. The van der Waals surface area contributed by atoms with E-state index >= 15 is 0 Å². The molecule has 0 spiro atoms. The molecule has 0 aromatic rings. The van der Waals surface area contributed by atoms with E-state index in [1.807, 2.05) is 0 Å². The van der Waals surface area contributed by atoms with Crippen molar-refractivity contribution in [2.45, 2.75) is 70.1 Å². The summed E-state index contributed by atoms with van der Waals surface area (Å²) in [5.74, 6) is 0.688. The maximum Gasteiger partial charge on any atom is 0.191 e. The summed E-state index contributed by atoms with van der Waals surface area (Å²) in [5.41, 5.74) is 6.43. The van der Waals surface area contributed by atoms with Gasteiger partial charge in [-0.1, -0.05) is 19.3 Å². The highest BCUT2D eigenvalue weighted by molar-refractivity contribution is 14.0. The molecule has 26 heavy (non-hydrogen) atoms. The molecule has 2 heterocycles. The fourth-order valence-corrected chi connectivity index (χ4v) is 4.56. The lowest BCUT2D eigenvalue weighted by Gasteiger charge is -2.51. The first kappa shape index (κ1) is 22.2. The second kappa shape index (κ2) is 9.39. The first-order valence-corrected chi connectivity index (χ1v) is 9.96. The van der Waals surface area contributed by atoms with Gasteiger partial charge >= 0.3 is 0 Å². The molecule has 0 aromatic carbocycles. The minimum atomic E-state index is -0.0718. The van der Waals surface area contributed by atoms with Crippen molar-refractivity contribution < 1.29 is 9.47 Å². The smallest absolute Gasteiger partial charge is 0.191 e. The molecule has 3 rings (SSSR count). The number of rotatable bonds is 3. The van der Waals surface area contributed by atoms with E-state index in [2.05, 4.69) is 30.6 Å². The summed E-state index contributed by atoms with van der Waals surface area (Å²) in [6, 6.07) is 0. The average Bonchev–Trinajstić information content (AvgIpc) is 2.59. The van der Waals surface area contributed by atoms with E-state index in [0.29, 0.717) is 5.96 Å². The van der Waals surface area contributed by atoms with Gasteiger partial charge in [-0.05, 0) is 33.6 Å². The van der Waals surface area contributed by atoms with Crippen molar-refractivity contribution in [2.75, 3.05) is 45.9 Å². The van der Waals surface area contributed by atoms with Crippen LogP contribution in [0, 0.1) is 0 Å². The Morgan fingerprint density at radius 2 is 1.88 bits per heavy atom. The van der Waals surface area contributed by atoms with E-state index in [1.54, 1.807) is 0 Å². The van der Waals surface area contributed by atoms with Crippen LogP contribution in [0.4, 0.5) is 0 Å². The van der Waals surface area contributed by atoms with Gasteiger partial charge in [0.1, 0.15) is 0 Å². The number of aliphatic imine (C=N–C) groups is 1. The zero-order valence-electron chi connectivity index (χ0n) is 16.7. The normalized spacial score (nSPS) is 29.9. The molecular weight excluding hydrogens is 443 g/mol. The highest BCUT2D eigenvalue weighted by atomic mass is 127. The molecule has 1 saturated carbocycles. The lowest BCUT2D eigenvalue weighted by Crippen LogP contribution is -2.61. The van der Waals surface area contributed by atoms with E-state index in [1.165, 1.54) is 32.1 Å². The van der Waals surface area contributed by atoms with Crippen molar-refractivity contribution in [3.05, 3.63) is 0 Å². The van der Waals surface area contributed by atoms with Gasteiger partial charge < -0.3 is 20.1 Å². The molecule has 2 aliphatic heterocycles. The highest BCUT2D eigenvalue weighted by Crippen LogP contribution is 2.36. The lowest BCUT2D eigenvalue weighted by molar-refractivity contribution is -0.121. The molecular formula is C19H37IN4O2. The molecule has 2 saturated heterocycles. The fourth-order valence-electron chi connectivity index (χ4n) is 4.56. The Hall–Kier alpha value is -0.120. The molecule has 6 nitrogen and oxygen atoms in total. The minimum Gasteiger partial charge on any atom is -0.375 e. The molecule has 7 heteroatoms. The highest BCUT2D eigenvalue weighted by Gasteiger charge is 2.42. The zero-order valence-corrected chi connectivity index (χ0v) is 19.0. The summed E-state index contributed by atoms with van der Waals surface area (Å²) in [6.45, 7) is 12.5. The van der Waals surface area contributed by atoms with Crippen LogP contribution in [0.3, 0.4) is 0 Å². The van der Waals surface area contributed by atoms with E-state index < -0.39 is 0 Å². The predicted octanol–water partition coefficient (Wildman–Crippen LogP) is 2.45. The summed E-state index contributed by atoms with van der Waals surface area (Å²) in [6.07, 6.45) is 6.60. The number of nitrogens with two attached hydrogens (primary N) is 1. The average molecular weight is 480 g/mol. The Kier molecular flexibility index (Phi) is 8.00. The van der Waals surface area contributed by atoms with Crippen molar-refractivity contribution in [2.24, 2.45) is 10.7 Å². The first-order chi connectivity index (χ1) is 11.9. The molecule has 2 N–H and O–H groups in total. The standard InChI is InChI=1S/C19H36N4O2.HI/c1-16-13-22(9-11-24-16)17(20)21-14-19(7-5-4-6-8-19)23-10-12-25-18(2,3)15-23;/h16H,4-15H2,1-3H3,(H2,20,21);1H. The zero-order chi connectivity index (χ0) is 17.9. The Morgan fingerprint density at radius 3 is 2.54 bits per heavy atom. The lowest BCUT2D eigenvalue weighted by atomic mass is 9.79. The predicted molar refractivity (Wildman–Crippen MR) is 116 cm³/mol. The molecule has 0 amide bonds. The van der Waals surface area contributed by atoms with Crippen molar-refractivity contribution in [1.82, 2.24) is 9.80 Å². The molecule has 1 unspecified atom stereocenters. The number of hydrogen-bond acceptors (Lipinski definition) is 4. The van der Waals surface area contributed by atoms with Crippen molar-refractivity contribution in [3.63, 3.8) is 0 Å². The third-order valence-electron chi connectivity index (χ3n) is 5.98. The topological polar surface area (TPSA) is 63.3 Å². The monoisotopic (exact) mass is 480 g/mol. The number of halogens is 1.